The van der Waals surface area contributed by atoms with Gasteiger partial charge in [-0.1, -0.05) is 13.8 Å². The summed E-state index contributed by atoms with van der Waals surface area (Å²) in [5.74, 6) is -1.31. The molecule has 3 heterocycles. The Morgan fingerprint density at radius 3 is 2.28 bits per heavy atom. The summed E-state index contributed by atoms with van der Waals surface area (Å²) in [6, 6.07) is -0.308. The molecule has 12 heteroatoms. The maximum absolute atomic E-state index is 14.2. The van der Waals surface area contributed by atoms with Crippen molar-refractivity contribution in [2.75, 3.05) is 75.1 Å². The average molecular weight is 669 g/mol. The van der Waals surface area contributed by atoms with Crippen LogP contribution in [0.2, 0.25) is 0 Å². The van der Waals surface area contributed by atoms with Gasteiger partial charge in [-0.15, -0.1) is 0 Å². The van der Waals surface area contributed by atoms with Crippen LogP contribution < -0.4 is 0 Å². The lowest BCUT2D eigenvalue weighted by Crippen LogP contribution is -2.60. The van der Waals surface area contributed by atoms with Gasteiger partial charge in [0, 0.05) is 57.1 Å². The lowest BCUT2D eigenvalue weighted by molar-refractivity contribution is -0.295. The molecule has 0 bridgehead atoms. The number of likely N-dealkylation sites (N-methyl/N-ethyl adjacent to an activating group) is 2. The van der Waals surface area contributed by atoms with E-state index in [2.05, 4.69) is 16.7 Å². The molecule has 9 atom stereocenters. The van der Waals surface area contributed by atoms with Crippen LogP contribution in [0.15, 0.2) is 0 Å². The number of carbonyl (C=O) groups is 3. The van der Waals surface area contributed by atoms with Gasteiger partial charge >= 0.3 is 5.97 Å². The SMILES string of the molecule is CO[C@]1(C)C[C@@H](C)CN(C)[C@H](C2CN(C(=O)CCCN(C)C)C2)COC(=O)C(C)(C)C(=O)[C@H](C)[C@H]1O[C@@H]1O[C@H](C)C[C@H](N(C)C)[C@H]1O. The number of methoxy groups -OCH3 is 1. The van der Waals surface area contributed by atoms with Crippen molar-refractivity contribution in [1.29, 1.82) is 0 Å². The maximum atomic E-state index is 14.2. The second-order valence-corrected chi connectivity index (χ2v) is 15.8. The van der Waals surface area contributed by atoms with E-state index in [9.17, 15) is 19.5 Å². The first-order valence-electron chi connectivity index (χ1n) is 17.4. The van der Waals surface area contributed by atoms with Crippen molar-refractivity contribution < 1.29 is 38.4 Å². The fraction of sp³-hybridized carbons (Fsp3) is 0.914. The topological polar surface area (TPSA) is 121 Å². The van der Waals surface area contributed by atoms with E-state index < -0.39 is 41.4 Å². The molecule has 3 rings (SSSR count). The van der Waals surface area contributed by atoms with Gasteiger partial charge in [-0.3, -0.25) is 19.3 Å². The lowest BCUT2D eigenvalue weighted by atomic mass is 9.74. The van der Waals surface area contributed by atoms with Crippen molar-refractivity contribution in [3.8, 4) is 0 Å². The summed E-state index contributed by atoms with van der Waals surface area (Å²) in [7, 11) is 11.5. The Morgan fingerprint density at radius 2 is 1.70 bits per heavy atom. The van der Waals surface area contributed by atoms with Gasteiger partial charge in [-0.05, 0) is 94.7 Å². The molecule has 0 saturated carbocycles. The third-order valence-electron chi connectivity index (χ3n) is 10.7. The minimum Gasteiger partial charge on any atom is -0.463 e. The van der Waals surface area contributed by atoms with E-state index in [4.69, 9.17) is 18.9 Å². The van der Waals surface area contributed by atoms with E-state index in [0.717, 1.165) is 13.0 Å². The Kier molecular flexibility index (Phi) is 13.8. The summed E-state index contributed by atoms with van der Waals surface area (Å²) in [5, 5.41) is 11.3. The molecule has 0 aliphatic carbocycles. The number of ketones is 1. The van der Waals surface area contributed by atoms with Crippen molar-refractivity contribution in [1.82, 2.24) is 19.6 Å². The van der Waals surface area contributed by atoms with Gasteiger partial charge in [0.25, 0.3) is 0 Å². The molecule has 0 aromatic rings. The highest BCUT2D eigenvalue weighted by molar-refractivity contribution is 6.04. The number of carbonyl (C=O) groups excluding carboxylic acids is 3. The van der Waals surface area contributed by atoms with E-state index in [-0.39, 0.29) is 48.3 Å². The number of rotatable bonds is 9. The highest BCUT2D eigenvalue weighted by Crippen LogP contribution is 2.38. The number of aliphatic hydroxyl groups excluding tert-OH is 1. The quantitative estimate of drug-likeness (QED) is 0.287. The second kappa shape index (κ2) is 16.4. The number of Topliss-reactive ketones (excluding diaryl/α,β-unsaturated/α-hetero) is 1. The van der Waals surface area contributed by atoms with Gasteiger partial charge in [-0.2, -0.15) is 0 Å². The van der Waals surface area contributed by atoms with Crippen LogP contribution in [0.4, 0.5) is 0 Å². The van der Waals surface area contributed by atoms with Crippen LogP contribution in [0.5, 0.6) is 0 Å². The molecular weight excluding hydrogens is 604 g/mol. The average Bonchev–Trinajstić information content (AvgIpc) is 2.96. The van der Waals surface area contributed by atoms with Gasteiger partial charge in [0.2, 0.25) is 5.91 Å². The Bertz CT molecular complexity index is 1070. The standard InChI is InChI=1S/C35H64N4O8/c1-22-17-35(6,44-12)31(47-32-29(41)26(37(9)10)16-23(2)46-32)24(3)30(42)34(4,5)33(43)45-21-27(38(11)18-22)25-19-39(20-25)28(40)14-13-15-36(7)8/h22-27,29,31-32,41H,13-21H2,1-12H3/t22-,23-,24+,26+,27+,29-,31-,32+,35-/m1/s1. The monoisotopic (exact) mass is 668 g/mol. The Morgan fingerprint density at radius 1 is 1.06 bits per heavy atom. The number of likely N-dealkylation sites (tertiary alicyclic amines) is 1. The zero-order valence-electron chi connectivity index (χ0n) is 31.2. The number of cyclic esters (lactones) is 1. The number of nitrogens with zero attached hydrogens (tertiary/aromatic N) is 4. The number of esters is 1. The van der Waals surface area contributed by atoms with Gasteiger partial charge < -0.3 is 38.8 Å². The predicted octanol–water partition coefficient (Wildman–Crippen LogP) is 2.12. The van der Waals surface area contributed by atoms with Crippen LogP contribution in [0.1, 0.15) is 67.2 Å². The van der Waals surface area contributed by atoms with Crippen molar-refractivity contribution in [2.24, 2.45) is 23.2 Å². The summed E-state index contributed by atoms with van der Waals surface area (Å²) in [6.45, 7) is 13.9. The normalized spacial score (nSPS) is 36.8. The lowest BCUT2D eigenvalue weighted by Gasteiger charge is -2.47. The summed E-state index contributed by atoms with van der Waals surface area (Å²) >= 11 is 0. The van der Waals surface area contributed by atoms with Crippen LogP contribution in [0, 0.1) is 23.2 Å². The third kappa shape index (κ3) is 9.52. The fourth-order valence-corrected chi connectivity index (χ4v) is 7.73. The summed E-state index contributed by atoms with van der Waals surface area (Å²) in [4.78, 5) is 48.8. The fourth-order valence-electron chi connectivity index (χ4n) is 7.73. The molecule has 1 amide bonds. The first-order chi connectivity index (χ1) is 21.8. The zero-order valence-corrected chi connectivity index (χ0v) is 31.2. The largest absolute Gasteiger partial charge is 0.463 e. The van der Waals surface area contributed by atoms with Gasteiger partial charge in [-0.25, -0.2) is 0 Å². The van der Waals surface area contributed by atoms with E-state index in [1.807, 2.05) is 58.9 Å². The highest BCUT2D eigenvalue weighted by atomic mass is 16.7. The van der Waals surface area contributed by atoms with E-state index in [1.54, 1.807) is 27.9 Å². The minimum atomic E-state index is -1.46. The van der Waals surface area contributed by atoms with Crippen molar-refractivity contribution >= 4 is 17.7 Å². The Balaban J connectivity index is 1.87. The maximum Gasteiger partial charge on any atom is 0.319 e. The van der Waals surface area contributed by atoms with Crippen LogP contribution in [0.3, 0.4) is 0 Å². The van der Waals surface area contributed by atoms with E-state index in [1.165, 1.54) is 0 Å². The smallest absolute Gasteiger partial charge is 0.319 e. The van der Waals surface area contributed by atoms with Gasteiger partial charge in [0.15, 0.2) is 12.1 Å². The first-order valence-corrected chi connectivity index (χ1v) is 17.4. The van der Waals surface area contributed by atoms with Gasteiger partial charge in [0.05, 0.1) is 17.8 Å². The Hall–Kier alpha value is -1.67. The molecule has 1 N–H and O–H groups in total. The van der Waals surface area contributed by atoms with E-state index >= 15 is 0 Å². The van der Waals surface area contributed by atoms with E-state index in [0.29, 0.717) is 38.9 Å². The zero-order chi connectivity index (χ0) is 35.4. The first kappa shape index (κ1) is 39.8. The van der Waals surface area contributed by atoms with Gasteiger partial charge in [0.1, 0.15) is 18.1 Å². The number of amides is 1. The van der Waals surface area contributed by atoms with Crippen molar-refractivity contribution in [2.45, 2.75) is 110 Å². The van der Waals surface area contributed by atoms with Crippen LogP contribution in [0.25, 0.3) is 0 Å². The minimum absolute atomic E-state index is 0.0970. The molecule has 47 heavy (non-hydrogen) atoms. The summed E-state index contributed by atoms with van der Waals surface area (Å²) < 4.78 is 24.9. The molecule has 3 fully saturated rings. The predicted molar refractivity (Wildman–Crippen MR) is 180 cm³/mol. The number of aliphatic hydroxyl groups is 1. The van der Waals surface area contributed by atoms with Crippen LogP contribution in [-0.2, 0) is 33.3 Å². The van der Waals surface area contributed by atoms with Crippen molar-refractivity contribution in [3.05, 3.63) is 0 Å². The summed E-state index contributed by atoms with van der Waals surface area (Å²) in [5.41, 5.74) is -2.42. The molecule has 272 valence electrons. The molecule has 3 saturated heterocycles. The summed E-state index contributed by atoms with van der Waals surface area (Å²) in [6.07, 6.45) is -0.408. The molecule has 0 spiro atoms. The molecule has 3 aliphatic heterocycles. The second-order valence-electron chi connectivity index (χ2n) is 15.8. The molecule has 0 radical (unpaired) electrons. The highest BCUT2D eigenvalue weighted by Gasteiger charge is 2.52. The van der Waals surface area contributed by atoms with Crippen molar-refractivity contribution in [3.63, 3.8) is 0 Å². The number of ether oxygens (including phenoxy) is 4. The van der Waals surface area contributed by atoms with Crippen LogP contribution >= 0.6 is 0 Å². The third-order valence-corrected chi connectivity index (χ3v) is 10.7. The molecule has 12 nitrogen and oxygen atoms in total. The molecule has 0 aromatic heterocycles. The number of hydrogen-bond acceptors (Lipinski definition) is 11. The molecule has 0 aromatic carbocycles. The molecular formula is C35H64N4O8. The number of hydrogen-bond donors (Lipinski definition) is 1. The molecule has 3 aliphatic rings. The Labute approximate surface area is 283 Å². The van der Waals surface area contributed by atoms with Crippen LogP contribution in [-0.4, -0.2) is 160 Å². The molecule has 0 unspecified atom stereocenters.